The second-order valence-electron chi connectivity index (χ2n) is 3.93. The van der Waals surface area contributed by atoms with E-state index in [1.54, 1.807) is 24.4 Å². The van der Waals surface area contributed by atoms with Crippen LogP contribution in [0, 0.1) is 25.7 Å². The van der Waals surface area contributed by atoms with Gasteiger partial charge < -0.3 is 0 Å². The van der Waals surface area contributed by atoms with Gasteiger partial charge in [0.15, 0.2) is 0 Å². The second kappa shape index (κ2) is 5.24. The summed E-state index contributed by atoms with van der Waals surface area (Å²) in [7, 11) is 0. The third kappa shape index (κ3) is 3.02. The molecule has 0 unspecified atom stereocenters. The molecule has 0 aliphatic heterocycles. The molecule has 0 fully saturated rings. The van der Waals surface area contributed by atoms with Crippen LogP contribution in [0.1, 0.15) is 27.4 Å². The minimum Gasteiger partial charge on any atom is -0.279 e. The molecular formula is C15H12N2O. The summed E-state index contributed by atoms with van der Waals surface area (Å²) in [6.07, 6.45) is 1.65. The third-order valence-electron chi connectivity index (χ3n) is 2.31. The number of nitrogens with zero attached hydrogens (tertiary/aromatic N) is 2. The Balaban J connectivity index is 2.25. The number of aryl methyl sites for hydroxylation is 2. The van der Waals surface area contributed by atoms with Crippen LogP contribution in [-0.4, -0.2) is 15.8 Å². The van der Waals surface area contributed by atoms with E-state index in [0.717, 1.165) is 11.4 Å². The number of pyridine rings is 2. The summed E-state index contributed by atoms with van der Waals surface area (Å²) in [6.45, 7) is 3.71. The van der Waals surface area contributed by atoms with Gasteiger partial charge in [0.1, 0.15) is 5.69 Å². The van der Waals surface area contributed by atoms with E-state index in [0.29, 0.717) is 11.3 Å². The molecule has 0 bridgehead atoms. The summed E-state index contributed by atoms with van der Waals surface area (Å²) in [4.78, 5) is 20.2. The lowest BCUT2D eigenvalue weighted by molar-refractivity contribution is 0.105. The average molecular weight is 236 g/mol. The maximum absolute atomic E-state index is 11.9. The normalized spacial score (nSPS) is 9.44. The zero-order valence-corrected chi connectivity index (χ0v) is 10.3. The number of Topliss-reactive ketones (excluding diaryl/α,β-unsaturated/α-hetero) is 1. The van der Waals surface area contributed by atoms with E-state index in [4.69, 9.17) is 0 Å². The molecule has 0 amide bonds. The second-order valence-corrected chi connectivity index (χ2v) is 3.93. The van der Waals surface area contributed by atoms with Gasteiger partial charge in [0.2, 0.25) is 5.78 Å². The fraction of sp³-hybridized carbons (Fsp3) is 0.133. The number of hydrogen-bond acceptors (Lipinski definition) is 3. The third-order valence-corrected chi connectivity index (χ3v) is 2.31. The van der Waals surface area contributed by atoms with E-state index < -0.39 is 0 Å². The number of ketones is 1. The highest BCUT2D eigenvalue weighted by Crippen LogP contribution is 2.05. The van der Waals surface area contributed by atoms with Gasteiger partial charge in [0.25, 0.3) is 0 Å². The Morgan fingerprint density at radius 1 is 1.17 bits per heavy atom. The summed E-state index contributed by atoms with van der Waals surface area (Å²) in [6, 6.07) is 8.89. The van der Waals surface area contributed by atoms with Crippen LogP contribution in [0.2, 0.25) is 0 Å². The molecule has 3 nitrogen and oxygen atoms in total. The fourth-order valence-electron chi connectivity index (χ4n) is 1.60. The molecule has 0 saturated carbocycles. The predicted octanol–water partition coefficient (Wildman–Crippen LogP) is 2.33. The highest BCUT2D eigenvalue weighted by atomic mass is 16.1. The van der Waals surface area contributed by atoms with Crippen molar-refractivity contribution in [2.24, 2.45) is 0 Å². The van der Waals surface area contributed by atoms with Gasteiger partial charge in [0, 0.05) is 23.1 Å². The van der Waals surface area contributed by atoms with Gasteiger partial charge in [-0.25, -0.2) is 4.98 Å². The molecule has 0 aromatic carbocycles. The fourth-order valence-corrected chi connectivity index (χ4v) is 1.60. The Bertz CT molecular complexity index is 616. The lowest BCUT2D eigenvalue weighted by Gasteiger charge is -1.98. The molecular weight excluding hydrogens is 224 g/mol. The largest absolute Gasteiger partial charge is 0.279 e. The molecule has 2 aromatic heterocycles. The van der Waals surface area contributed by atoms with Crippen molar-refractivity contribution in [3.8, 4) is 11.8 Å². The van der Waals surface area contributed by atoms with Gasteiger partial charge in [-0.2, -0.15) is 0 Å². The molecule has 0 radical (unpaired) electrons. The van der Waals surface area contributed by atoms with Crippen molar-refractivity contribution in [1.29, 1.82) is 0 Å². The van der Waals surface area contributed by atoms with Gasteiger partial charge in [-0.1, -0.05) is 6.07 Å². The van der Waals surface area contributed by atoms with Crippen molar-refractivity contribution in [3.63, 3.8) is 0 Å². The van der Waals surface area contributed by atoms with Gasteiger partial charge >= 0.3 is 0 Å². The smallest absolute Gasteiger partial charge is 0.236 e. The van der Waals surface area contributed by atoms with Crippen LogP contribution in [0.15, 0.2) is 36.5 Å². The van der Waals surface area contributed by atoms with E-state index in [-0.39, 0.29) is 5.78 Å². The van der Waals surface area contributed by atoms with Crippen LogP contribution in [0.5, 0.6) is 0 Å². The number of carbonyl (C=O) groups is 1. The first kappa shape index (κ1) is 12.0. The standard InChI is InChI=1S/C15H12N2O/c1-11-9-13(10-12(2)17-11)15(18)7-6-14-5-3-4-8-16-14/h3-5,8-10H,1-2H3. The molecule has 2 rings (SSSR count). The first-order chi connectivity index (χ1) is 8.65. The van der Waals surface area contributed by atoms with Crippen molar-refractivity contribution in [2.45, 2.75) is 13.8 Å². The van der Waals surface area contributed by atoms with Crippen molar-refractivity contribution in [1.82, 2.24) is 9.97 Å². The predicted molar refractivity (Wildman–Crippen MR) is 69.2 cm³/mol. The number of carbonyl (C=O) groups excluding carboxylic acids is 1. The van der Waals surface area contributed by atoms with E-state index in [2.05, 4.69) is 21.8 Å². The first-order valence-electron chi connectivity index (χ1n) is 5.58. The van der Waals surface area contributed by atoms with Gasteiger partial charge in [-0.05, 0) is 50.0 Å². The average Bonchev–Trinajstić information content (AvgIpc) is 2.36. The minimum absolute atomic E-state index is 0.214. The van der Waals surface area contributed by atoms with Gasteiger partial charge in [-0.3, -0.25) is 9.78 Å². The molecule has 0 aliphatic carbocycles. The van der Waals surface area contributed by atoms with Crippen LogP contribution >= 0.6 is 0 Å². The molecule has 0 saturated heterocycles. The highest BCUT2D eigenvalue weighted by Gasteiger charge is 2.04. The molecule has 3 heteroatoms. The van der Waals surface area contributed by atoms with Crippen LogP contribution in [-0.2, 0) is 0 Å². The van der Waals surface area contributed by atoms with Crippen molar-refractivity contribution in [3.05, 3.63) is 59.2 Å². The number of aromatic nitrogens is 2. The molecule has 0 atom stereocenters. The zero-order valence-electron chi connectivity index (χ0n) is 10.3. The van der Waals surface area contributed by atoms with Crippen molar-refractivity contribution in [2.75, 3.05) is 0 Å². The number of hydrogen-bond donors (Lipinski definition) is 0. The molecule has 88 valence electrons. The summed E-state index contributed by atoms with van der Waals surface area (Å²) in [5.41, 5.74) is 2.80. The monoisotopic (exact) mass is 236 g/mol. The Morgan fingerprint density at radius 2 is 1.89 bits per heavy atom. The van der Waals surface area contributed by atoms with Gasteiger partial charge in [-0.15, -0.1) is 0 Å². The van der Waals surface area contributed by atoms with E-state index >= 15 is 0 Å². The summed E-state index contributed by atoms with van der Waals surface area (Å²) < 4.78 is 0. The lowest BCUT2D eigenvalue weighted by atomic mass is 10.1. The van der Waals surface area contributed by atoms with Crippen molar-refractivity contribution < 1.29 is 4.79 Å². The van der Waals surface area contributed by atoms with Crippen LogP contribution in [0.3, 0.4) is 0 Å². The summed E-state index contributed by atoms with van der Waals surface area (Å²) >= 11 is 0. The highest BCUT2D eigenvalue weighted by molar-refractivity contribution is 6.09. The maximum atomic E-state index is 11.9. The van der Waals surface area contributed by atoms with E-state index in [1.807, 2.05) is 26.0 Å². The molecule has 2 aromatic rings. The summed E-state index contributed by atoms with van der Waals surface area (Å²) in [5, 5.41) is 0. The maximum Gasteiger partial charge on any atom is 0.236 e. The Hall–Kier alpha value is -2.47. The quantitative estimate of drug-likeness (QED) is 0.563. The van der Waals surface area contributed by atoms with Gasteiger partial charge in [0.05, 0.1) is 0 Å². The summed E-state index contributed by atoms with van der Waals surface area (Å²) in [5.74, 6) is 5.13. The first-order valence-corrected chi connectivity index (χ1v) is 5.58. The molecule has 0 aliphatic rings. The topological polar surface area (TPSA) is 42.9 Å². The van der Waals surface area contributed by atoms with Crippen molar-refractivity contribution >= 4 is 5.78 Å². The molecule has 0 N–H and O–H groups in total. The van der Waals surface area contributed by atoms with Crippen LogP contribution < -0.4 is 0 Å². The van der Waals surface area contributed by atoms with E-state index in [9.17, 15) is 4.79 Å². The van der Waals surface area contributed by atoms with Crippen LogP contribution in [0.25, 0.3) is 0 Å². The Labute approximate surface area is 106 Å². The molecule has 2 heterocycles. The van der Waals surface area contributed by atoms with E-state index in [1.165, 1.54) is 0 Å². The minimum atomic E-state index is -0.214. The van der Waals surface area contributed by atoms with Crippen LogP contribution in [0.4, 0.5) is 0 Å². The lowest BCUT2D eigenvalue weighted by Crippen LogP contribution is -1.99. The molecule has 0 spiro atoms. The molecule has 18 heavy (non-hydrogen) atoms. The Kier molecular flexibility index (Phi) is 3.49. The number of rotatable bonds is 1. The zero-order chi connectivity index (χ0) is 13.0. The Morgan fingerprint density at radius 3 is 2.50 bits per heavy atom. The SMILES string of the molecule is Cc1cc(C(=O)C#Cc2ccccn2)cc(C)n1.